The second kappa shape index (κ2) is 46.0. The van der Waals surface area contributed by atoms with Crippen LogP contribution in [0.25, 0.3) is 33.8 Å². The van der Waals surface area contributed by atoms with E-state index in [1.165, 1.54) is 21.1 Å². The first-order chi connectivity index (χ1) is 52.2. The Morgan fingerprint density at radius 1 is 0.382 bits per heavy atom. The van der Waals surface area contributed by atoms with Gasteiger partial charge in [0.2, 0.25) is 35.4 Å². The summed E-state index contributed by atoms with van der Waals surface area (Å²) in [4.78, 5) is 112. The van der Waals surface area contributed by atoms with Gasteiger partial charge in [-0.05, 0) is 116 Å². The van der Waals surface area contributed by atoms with Gasteiger partial charge in [0.1, 0.15) is 34.5 Å². The number of carbonyl (C=O) groups is 9. The van der Waals surface area contributed by atoms with Crippen LogP contribution in [0, 0.1) is 35.5 Å². The zero-order chi connectivity index (χ0) is 82.1. The van der Waals surface area contributed by atoms with Crippen molar-refractivity contribution in [1.29, 1.82) is 0 Å². The molecule has 0 aliphatic carbocycles. The number of methoxy groups -OCH3 is 6. The molecule has 3 aromatic carbocycles. The number of nitrogens with zero attached hydrogens (tertiary/aromatic N) is 6. The average Bonchev–Trinajstić information content (AvgIpc) is 1.63. The standard InChI is InChI=1S/2C27H41N5O5.C26H39N5O5/c1-16(2)12-19(13-24(33)29-15-25(34)28-6)30-27(35)20-14-21(32(31-20)18(5)17(3)4)26-22(36-7)10-9-11-23(26)37-8;1-8-18(4)16-32-21(26-22(36-6)10-9-11-23(26)37-7)14-20(31-32)27(35)30-19(12-17(2)3)13-24(33)29-15-25(34)28-5;1-16(2)11-18(12-23(32)28-14-24(33)27-5)29-26(34)19-13-20(31(30-19)15-17(3)4)25-21(35-6)9-8-10-22(25)36-7/h9-11,14,16-19H,12-13,15H2,1-8H3,(H,28,34)(H,29,33)(H,30,35);9-11,14,17-19H,8,12-13,15-16H2,1-7H3,(H,28,34)(H,29,33)(H,30,35);8-10,13,16-18H,11-12,14-15H2,1-7H3,(H,27,33)(H,28,32)(H,29,34)/t2*18?,19-;18-/m000/s1. The fraction of sp³-hybridized carbons (Fsp3) is 0.550. The van der Waals surface area contributed by atoms with Crippen LogP contribution in [-0.4, -0.2) is 184 Å². The number of hydrogen-bond acceptors (Lipinski definition) is 18. The minimum Gasteiger partial charge on any atom is -0.496 e. The van der Waals surface area contributed by atoms with Crippen LogP contribution >= 0.6 is 0 Å². The minimum atomic E-state index is -0.422. The fourth-order valence-electron chi connectivity index (χ4n) is 11.9. The summed E-state index contributed by atoms with van der Waals surface area (Å²) in [6, 6.07) is 20.5. The van der Waals surface area contributed by atoms with E-state index in [0.29, 0.717) is 101 Å². The first-order valence-electron chi connectivity index (χ1n) is 37.5. The molecule has 9 N–H and O–H groups in total. The van der Waals surface area contributed by atoms with Crippen molar-refractivity contribution < 1.29 is 71.6 Å². The number of ether oxygens (including phenoxy) is 6. The Morgan fingerprint density at radius 2 is 0.664 bits per heavy atom. The zero-order valence-electron chi connectivity index (χ0n) is 68.5. The number of rotatable bonds is 40. The highest BCUT2D eigenvalue weighted by Gasteiger charge is 2.30. The van der Waals surface area contributed by atoms with Crippen LogP contribution in [0.4, 0.5) is 0 Å². The lowest BCUT2D eigenvalue weighted by molar-refractivity contribution is -0.126. The Kier molecular flexibility index (Phi) is 38.3. The molecule has 0 fully saturated rings. The number of aromatic nitrogens is 6. The molecule has 3 aromatic heterocycles. The van der Waals surface area contributed by atoms with Gasteiger partial charge in [0.05, 0.1) is 102 Å². The zero-order valence-corrected chi connectivity index (χ0v) is 68.5. The fourth-order valence-corrected chi connectivity index (χ4v) is 11.9. The van der Waals surface area contributed by atoms with E-state index in [-0.39, 0.29) is 145 Å². The second-order valence-corrected chi connectivity index (χ2v) is 28.9. The molecule has 0 aliphatic rings. The average molecular weight is 1530 g/mol. The van der Waals surface area contributed by atoms with Gasteiger partial charge in [-0.3, -0.25) is 57.2 Å². The molecule has 0 spiro atoms. The summed E-state index contributed by atoms with van der Waals surface area (Å²) in [5.74, 6) is 2.30. The van der Waals surface area contributed by atoms with E-state index in [1.807, 2.05) is 112 Å². The molecule has 606 valence electrons. The number of likely N-dealkylation sites (N-methyl/N-ethyl adjacent to an activating group) is 3. The lowest BCUT2D eigenvalue weighted by atomic mass is 10.0. The van der Waals surface area contributed by atoms with Crippen LogP contribution in [0.1, 0.15) is 172 Å². The smallest absolute Gasteiger partial charge is 0.272 e. The Bertz CT molecular complexity index is 3920. The normalized spacial score (nSPS) is 12.4. The maximum absolute atomic E-state index is 13.4. The van der Waals surface area contributed by atoms with Crippen molar-refractivity contribution in [2.75, 3.05) is 83.4 Å². The number of benzene rings is 3. The molecule has 2 unspecified atom stereocenters. The van der Waals surface area contributed by atoms with Gasteiger partial charge in [0.15, 0.2) is 17.1 Å². The number of nitrogens with one attached hydrogen (secondary N) is 9. The number of carbonyl (C=O) groups excluding carboxylic acids is 9. The number of amides is 9. The maximum Gasteiger partial charge on any atom is 0.272 e. The predicted molar refractivity (Wildman–Crippen MR) is 423 cm³/mol. The van der Waals surface area contributed by atoms with Gasteiger partial charge in [-0.1, -0.05) is 108 Å². The third kappa shape index (κ3) is 28.4. The van der Waals surface area contributed by atoms with E-state index in [0.717, 1.165) is 12.0 Å². The molecular weight excluding hydrogens is 1410 g/mol. The summed E-state index contributed by atoms with van der Waals surface area (Å²) in [6.45, 7) is 27.6. The quantitative estimate of drug-likeness (QED) is 0.0173. The van der Waals surface area contributed by atoms with Crippen molar-refractivity contribution in [3.8, 4) is 68.3 Å². The van der Waals surface area contributed by atoms with Crippen molar-refractivity contribution in [3.05, 3.63) is 89.9 Å². The van der Waals surface area contributed by atoms with Crippen molar-refractivity contribution in [1.82, 2.24) is 77.2 Å². The van der Waals surface area contributed by atoms with Crippen LogP contribution in [-0.2, 0) is 41.9 Å². The summed E-state index contributed by atoms with van der Waals surface area (Å²) in [5.41, 5.74) is 4.95. The van der Waals surface area contributed by atoms with E-state index >= 15 is 0 Å². The van der Waals surface area contributed by atoms with Crippen LogP contribution in [0.3, 0.4) is 0 Å². The Hall–Kier alpha value is -10.7. The summed E-state index contributed by atoms with van der Waals surface area (Å²) in [6.07, 6.45) is 2.90. The van der Waals surface area contributed by atoms with E-state index in [1.54, 1.807) is 65.5 Å². The monoisotopic (exact) mass is 1530 g/mol. The third-order valence-corrected chi connectivity index (χ3v) is 17.9. The molecule has 3 heterocycles. The molecule has 110 heavy (non-hydrogen) atoms. The molecule has 5 atom stereocenters. The van der Waals surface area contributed by atoms with Gasteiger partial charge in [-0.2, -0.15) is 15.3 Å². The van der Waals surface area contributed by atoms with E-state index in [4.69, 9.17) is 28.4 Å². The highest BCUT2D eigenvalue weighted by molar-refractivity contribution is 5.97. The maximum atomic E-state index is 13.4. The molecule has 0 bridgehead atoms. The topological polar surface area (TPSA) is 371 Å². The molecule has 30 nitrogen and oxygen atoms in total. The Balaban J connectivity index is 0.000000348. The first kappa shape index (κ1) is 91.7. The van der Waals surface area contributed by atoms with Gasteiger partial charge in [0, 0.05) is 71.6 Å². The van der Waals surface area contributed by atoms with E-state index in [9.17, 15) is 43.2 Å². The Labute approximate surface area is 648 Å². The SMILES string of the molecule is CCC(C)Cn1nc(C(=O)N[C@H](CC(=O)NCC(=O)NC)CC(C)C)cc1-c1c(OC)cccc1OC.CNC(=O)CNC(=O)C[C@H](CC(C)C)NC(=O)c1cc(-c2c(OC)cccc2OC)n(C(C)C(C)C)n1.CNC(=O)CNC(=O)C[C@H](CC(C)C)NC(=O)c1cc(-c2c(OC)cccc2OC)n(CC(C)C)n1. The summed E-state index contributed by atoms with van der Waals surface area (Å²) in [7, 11) is 14.0. The van der Waals surface area contributed by atoms with Crippen LogP contribution < -0.4 is 76.3 Å². The highest BCUT2D eigenvalue weighted by Crippen LogP contribution is 2.42. The van der Waals surface area contributed by atoms with Crippen molar-refractivity contribution in [3.63, 3.8) is 0 Å². The molecule has 0 saturated carbocycles. The largest absolute Gasteiger partial charge is 0.496 e. The molecule has 0 saturated heterocycles. The molecule has 30 heteroatoms. The lowest BCUT2D eigenvalue weighted by Gasteiger charge is -2.21. The molecule has 9 amide bonds. The highest BCUT2D eigenvalue weighted by atomic mass is 16.5. The van der Waals surface area contributed by atoms with Crippen LogP contribution in [0.2, 0.25) is 0 Å². The summed E-state index contributed by atoms with van der Waals surface area (Å²) >= 11 is 0. The molecule has 0 radical (unpaired) electrons. The Morgan fingerprint density at radius 3 is 0.927 bits per heavy atom. The molecule has 6 aromatic rings. The number of hydrogen-bond donors (Lipinski definition) is 9. The van der Waals surface area contributed by atoms with Gasteiger partial charge in [-0.15, -0.1) is 0 Å². The van der Waals surface area contributed by atoms with Gasteiger partial charge >= 0.3 is 0 Å². The third-order valence-electron chi connectivity index (χ3n) is 17.9. The minimum absolute atomic E-state index is 0.0203. The van der Waals surface area contributed by atoms with E-state index in [2.05, 4.69) is 105 Å². The first-order valence-corrected chi connectivity index (χ1v) is 37.5. The van der Waals surface area contributed by atoms with Gasteiger partial charge < -0.3 is 76.3 Å². The summed E-state index contributed by atoms with van der Waals surface area (Å²) < 4.78 is 39.0. The second-order valence-electron chi connectivity index (χ2n) is 28.9. The van der Waals surface area contributed by atoms with E-state index < -0.39 is 18.1 Å². The summed E-state index contributed by atoms with van der Waals surface area (Å²) in [5, 5.41) is 38.0. The predicted octanol–water partition coefficient (Wildman–Crippen LogP) is 8.81. The van der Waals surface area contributed by atoms with Gasteiger partial charge in [-0.25, -0.2) is 0 Å². The molecule has 6 rings (SSSR count). The van der Waals surface area contributed by atoms with Crippen molar-refractivity contribution in [2.24, 2.45) is 35.5 Å². The van der Waals surface area contributed by atoms with Gasteiger partial charge in [0.25, 0.3) is 17.7 Å². The van der Waals surface area contributed by atoms with Crippen molar-refractivity contribution >= 4 is 53.2 Å². The van der Waals surface area contributed by atoms with Crippen LogP contribution in [0.15, 0.2) is 72.8 Å². The lowest BCUT2D eigenvalue weighted by Crippen LogP contribution is -2.42. The van der Waals surface area contributed by atoms with Crippen molar-refractivity contribution in [2.45, 2.75) is 172 Å². The molecular formula is C80H121N15O15. The molecule has 0 aliphatic heterocycles. The van der Waals surface area contributed by atoms with Crippen LogP contribution in [0.5, 0.6) is 34.5 Å².